The van der Waals surface area contributed by atoms with Crippen LogP contribution in [0.25, 0.3) is 0 Å². The second-order valence-electron chi connectivity index (χ2n) is 6.89. The summed E-state index contributed by atoms with van der Waals surface area (Å²) in [4.78, 5) is 12.4. The van der Waals surface area contributed by atoms with Gasteiger partial charge in [-0.15, -0.1) is 12.4 Å². The Morgan fingerprint density at radius 3 is 2.56 bits per heavy atom. The maximum atomic E-state index is 12.6. The fourth-order valence-corrected chi connectivity index (χ4v) is 4.89. The average Bonchev–Trinajstić information content (AvgIpc) is 2.68. The van der Waals surface area contributed by atoms with E-state index in [9.17, 15) is 13.2 Å². The second-order valence-corrected chi connectivity index (χ2v) is 8.83. The molecule has 1 amide bonds. The van der Waals surface area contributed by atoms with E-state index in [1.165, 1.54) is 0 Å². The molecule has 2 N–H and O–H groups in total. The first-order valence-electron chi connectivity index (χ1n) is 9.19. The molecule has 0 radical (unpaired) electrons. The lowest BCUT2D eigenvalue weighted by Gasteiger charge is -2.31. The fourth-order valence-electron chi connectivity index (χ4n) is 3.40. The molecule has 2 aliphatic rings. The van der Waals surface area contributed by atoms with Crippen LogP contribution in [0.1, 0.15) is 19.3 Å². The number of hydrogen-bond donors (Lipinski definition) is 2. The summed E-state index contributed by atoms with van der Waals surface area (Å²) >= 11 is 0. The first kappa shape index (κ1) is 22.1. The minimum absolute atomic E-state index is 0. The van der Waals surface area contributed by atoms with Crippen LogP contribution in [0.15, 0.2) is 35.2 Å². The number of halogens is 1. The highest BCUT2D eigenvalue weighted by Crippen LogP contribution is 2.23. The second kappa shape index (κ2) is 10.4. The third-order valence-electron chi connectivity index (χ3n) is 4.97. The van der Waals surface area contributed by atoms with Gasteiger partial charge in [0.2, 0.25) is 15.9 Å². The maximum Gasteiger partial charge on any atom is 0.243 e. The van der Waals surface area contributed by atoms with E-state index in [1.54, 1.807) is 28.6 Å². The standard InChI is InChI=1S/C18H27N3O4S.ClH/c22-18(12-16-14-25-11-8-19-16)20-13-15-6-9-21(10-7-15)26(23,24)17-4-2-1-3-5-17;/h1-5,15-16,19H,6-14H2,(H,20,22);1H. The number of sulfonamides is 1. The molecular formula is C18H28ClN3O4S. The fraction of sp³-hybridized carbons (Fsp3) is 0.611. The van der Waals surface area contributed by atoms with Crippen molar-refractivity contribution in [1.29, 1.82) is 0 Å². The van der Waals surface area contributed by atoms with E-state index in [4.69, 9.17) is 4.74 Å². The first-order valence-corrected chi connectivity index (χ1v) is 10.6. The third kappa shape index (κ3) is 6.15. The van der Waals surface area contributed by atoms with Crippen molar-refractivity contribution in [3.63, 3.8) is 0 Å². The topological polar surface area (TPSA) is 87.7 Å². The number of amides is 1. The summed E-state index contributed by atoms with van der Waals surface area (Å²) in [6.07, 6.45) is 1.94. The van der Waals surface area contributed by atoms with Crippen LogP contribution >= 0.6 is 12.4 Å². The lowest BCUT2D eigenvalue weighted by atomic mass is 9.98. The highest BCUT2D eigenvalue weighted by molar-refractivity contribution is 7.89. The largest absolute Gasteiger partial charge is 0.378 e. The molecule has 9 heteroatoms. The SMILES string of the molecule is Cl.O=C(CC1COCCN1)NCC1CCN(S(=O)(=O)c2ccccc2)CC1. The summed E-state index contributed by atoms with van der Waals surface area (Å²) in [5, 5.41) is 6.25. The average molecular weight is 418 g/mol. The van der Waals surface area contributed by atoms with Crippen LogP contribution in [0.4, 0.5) is 0 Å². The van der Waals surface area contributed by atoms with Crippen LogP contribution in [-0.4, -0.2) is 64.1 Å². The summed E-state index contributed by atoms with van der Waals surface area (Å²) < 4.78 is 32.1. The van der Waals surface area contributed by atoms with Crippen LogP contribution in [0, 0.1) is 5.92 Å². The van der Waals surface area contributed by atoms with Gasteiger partial charge in [0.05, 0.1) is 18.1 Å². The van der Waals surface area contributed by atoms with Gasteiger partial charge in [-0.2, -0.15) is 4.31 Å². The van der Waals surface area contributed by atoms with Crippen LogP contribution in [0.3, 0.4) is 0 Å². The Labute approximate surface area is 167 Å². The molecule has 1 aromatic rings. The number of benzene rings is 1. The number of nitrogens with zero attached hydrogens (tertiary/aromatic N) is 1. The molecule has 0 aliphatic carbocycles. The zero-order valence-corrected chi connectivity index (χ0v) is 16.9. The molecule has 2 aliphatic heterocycles. The van der Waals surface area contributed by atoms with E-state index in [0.717, 1.165) is 19.4 Å². The van der Waals surface area contributed by atoms with E-state index in [0.29, 0.717) is 50.1 Å². The summed E-state index contributed by atoms with van der Waals surface area (Å²) in [7, 11) is -3.41. The van der Waals surface area contributed by atoms with Gasteiger partial charge in [0.15, 0.2) is 0 Å². The van der Waals surface area contributed by atoms with Gasteiger partial charge >= 0.3 is 0 Å². The van der Waals surface area contributed by atoms with Crippen LogP contribution < -0.4 is 10.6 Å². The summed E-state index contributed by atoms with van der Waals surface area (Å²) in [6, 6.07) is 8.63. The Bertz CT molecular complexity index is 688. The van der Waals surface area contributed by atoms with Gasteiger partial charge in [0, 0.05) is 38.6 Å². The Morgan fingerprint density at radius 2 is 1.93 bits per heavy atom. The van der Waals surface area contributed by atoms with Crippen molar-refractivity contribution in [3.8, 4) is 0 Å². The number of ether oxygens (including phenoxy) is 1. The molecule has 0 bridgehead atoms. The first-order chi connectivity index (χ1) is 12.6. The van der Waals surface area contributed by atoms with Crippen LogP contribution in [0.5, 0.6) is 0 Å². The van der Waals surface area contributed by atoms with Crippen molar-refractivity contribution in [2.75, 3.05) is 39.4 Å². The zero-order chi connectivity index (χ0) is 18.4. The number of nitrogens with one attached hydrogen (secondary N) is 2. The van der Waals surface area contributed by atoms with Gasteiger partial charge < -0.3 is 15.4 Å². The molecule has 1 atom stereocenters. The van der Waals surface area contributed by atoms with E-state index in [2.05, 4.69) is 10.6 Å². The molecular weight excluding hydrogens is 390 g/mol. The number of morpholine rings is 1. The van der Waals surface area contributed by atoms with Gasteiger partial charge in [-0.05, 0) is 30.9 Å². The number of carbonyl (C=O) groups is 1. The van der Waals surface area contributed by atoms with Gasteiger partial charge in [-0.25, -0.2) is 8.42 Å². The molecule has 0 saturated carbocycles. The van der Waals surface area contributed by atoms with Crippen molar-refractivity contribution in [2.45, 2.75) is 30.2 Å². The van der Waals surface area contributed by atoms with Gasteiger partial charge in [-0.3, -0.25) is 4.79 Å². The minimum Gasteiger partial charge on any atom is -0.378 e. The van der Waals surface area contributed by atoms with Gasteiger partial charge in [0.1, 0.15) is 0 Å². The molecule has 1 unspecified atom stereocenters. The quantitative estimate of drug-likeness (QED) is 0.721. The molecule has 7 nitrogen and oxygen atoms in total. The summed E-state index contributed by atoms with van der Waals surface area (Å²) in [5.41, 5.74) is 0. The Morgan fingerprint density at radius 1 is 1.22 bits per heavy atom. The van der Waals surface area contributed by atoms with E-state index in [-0.39, 0.29) is 24.4 Å². The highest BCUT2D eigenvalue weighted by Gasteiger charge is 2.29. The Balaban J connectivity index is 0.00000261. The third-order valence-corrected chi connectivity index (χ3v) is 6.89. The monoisotopic (exact) mass is 417 g/mol. The number of hydrogen-bond acceptors (Lipinski definition) is 5. The van der Waals surface area contributed by atoms with E-state index in [1.807, 2.05) is 6.07 Å². The lowest BCUT2D eigenvalue weighted by molar-refractivity contribution is -0.122. The summed E-state index contributed by atoms with van der Waals surface area (Å²) in [6.45, 7) is 3.65. The van der Waals surface area contributed by atoms with Crippen molar-refractivity contribution in [1.82, 2.24) is 14.9 Å². The maximum absolute atomic E-state index is 12.6. The molecule has 3 rings (SSSR count). The Kier molecular flexibility index (Phi) is 8.50. The van der Waals surface area contributed by atoms with Gasteiger partial charge in [0.25, 0.3) is 0 Å². The smallest absolute Gasteiger partial charge is 0.243 e. The zero-order valence-electron chi connectivity index (χ0n) is 15.3. The van der Waals surface area contributed by atoms with Crippen molar-refractivity contribution >= 4 is 28.3 Å². The lowest BCUT2D eigenvalue weighted by Crippen LogP contribution is -2.45. The highest BCUT2D eigenvalue weighted by atomic mass is 35.5. The van der Waals surface area contributed by atoms with Gasteiger partial charge in [-0.1, -0.05) is 18.2 Å². The minimum atomic E-state index is -3.41. The van der Waals surface area contributed by atoms with Crippen LogP contribution in [-0.2, 0) is 19.6 Å². The Hall–Kier alpha value is -1.19. The normalized spacial score (nSPS) is 22.0. The number of rotatable bonds is 6. The van der Waals surface area contributed by atoms with Crippen molar-refractivity contribution in [3.05, 3.63) is 30.3 Å². The predicted octanol–water partition coefficient (Wildman–Crippen LogP) is 1.00. The van der Waals surface area contributed by atoms with Crippen molar-refractivity contribution in [2.24, 2.45) is 5.92 Å². The van der Waals surface area contributed by atoms with Crippen LogP contribution in [0.2, 0.25) is 0 Å². The molecule has 0 aromatic heterocycles. The molecule has 152 valence electrons. The molecule has 2 saturated heterocycles. The summed E-state index contributed by atoms with van der Waals surface area (Å²) in [5.74, 6) is 0.337. The molecule has 2 heterocycles. The number of carbonyl (C=O) groups excluding carboxylic acids is 1. The number of piperidine rings is 1. The van der Waals surface area contributed by atoms with Crippen molar-refractivity contribution < 1.29 is 17.9 Å². The molecule has 2 fully saturated rings. The van der Waals surface area contributed by atoms with E-state index >= 15 is 0 Å². The molecule has 27 heavy (non-hydrogen) atoms. The predicted molar refractivity (Wildman–Crippen MR) is 105 cm³/mol. The molecule has 0 spiro atoms. The molecule has 1 aromatic carbocycles. The van der Waals surface area contributed by atoms with E-state index < -0.39 is 10.0 Å².